The molecule has 1 aromatic carbocycles. The third kappa shape index (κ3) is 9.72. The average Bonchev–Trinajstić information content (AvgIpc) is 2.72. The number of nitrogens with zero attached hydrogens (tertiary/aromatic N) is 1. The minimum absolute atomic E-state index is 0.000479. The van der Waals surface area contributed by atoms with Crippen molar-refractivity contribution in [2.75, 3.05) is 26.2 Å². The highest BCUT2D eigenvalue weighted by Gasteiger charge is 2.24. The Kier molecular flexibility index (Phi) is 10.0. The third-order valence-corrected chi connectivity index (χ3v) is 5.42. The van der Waals surface area contributed by atoms with E-state index in [9.17, 15) is 14.4 Å². The molecule has 0 aliphatic carbocycles. The molecule has 3 amide bonds. The van der Waals surface area contributed by atoms with Crippen LogP contribution >= 0.6 is 0 Å². The molecule has 33 heavy (non-hydrogen) atoms. The molecule has 0 unspecified atom stereocenters. The highest BCUT2D eigenvalue weighted by atomic mass is 16.6. The Labute approximate surface area is 197 Å². The largest absolute Gasteiger partial charge is 0.493 e. The van der Waals surface area contributed by atoms with Crippen LogP contribution in [0, 0.1) is 13.8 Å². The van der Waals surface area contributed by atoms with Gasteiger partial charge in [0.05, 0.1) is 6.61 Å². The van der Waals surface area contributed by atoms with Gasteiger partial charge >= 0.3 is 6.09 Å². The van der Waals surface area contributed by atoms with E-state index in [-0.39, 0.29) is 30.8 Å². The number of carbonyl (C=O) groups excluding carboxylic acids is 3. The topological polar surface area (TPSA) is 97.0 Å². The molecule has 0 radical (unpaired) electrons. The van der Waals surface area contributed by atoms with Crippen molar-refractivity contribution in [2.45, 2.75) is 78.4 Å². The number of carbonyl (C=O) groups is 3. The van der Waals surface area contributed by atoms with Crippen molar-refractivity contribution in [2.24, 2.45) is 0 Å². The summed E-state index contributed by atoms with van der Waals surface area (Å²) in [6, 6.07) is 6.12. The Balaban J connectivity index is 1.59. The van der Waals surface area contributed by atoms with Crippen molar-refractivity contribution in [3.05, 3.63) is 29.3 Å². The standard InChI is InChI=1S/C25H39N3O5/c1-18-8-6-9-19(2)23(18)32-17-7-10-21(29)27-20-12-15-28(16-13-20)22(30)11-14-26-24(31)33-25(3,4)5/h6,8-9,20H,7,10-17H2,1-5H3,(H,26,31)(H,27,29). The molecule has 0 atom stereocenters. The number of benzene rings is 1. The number of nitrogens with one attached hydrogen (secondary N) is 2. The average molecular weight is 462 g/mol. The quantitative estimate of drug-likeness (QED) is 0.549. The monoisotopic (exact) mass is 461 g/mol. The van der Waals surface area contributed by atoms with Gasteiger partial charge in [0, 0.05) is 38.5 Å². The van der Waals surface area contributed by atoms with E-state index in [0.717, 1.165) is 29.7 Å². The summed E-state index contributed by atoms with van der Waals surface area (Å²) in [5, 5.41) is 5.68. The van der Waals surface area contributed by atoms with Gasteiger partial charge in [-0.15, -0.1) is 0 Å². The van der Waals surface area contributed by atoms with Crippen LogP contribution in [-0.2, 0) is 14.3 Å². The molecule has 2 rings (SSSR count). The van der Waals surface area contributed by atoms with Crippen LogP contribution in [0.5, 0.6) is 5.75 Å². The normalized spacial score (nSPS) is 14.5. The van der Waals surface area contributed by atoms with Gasteiger partial charge < -0.3 is 25.0 Å². The van der Waals surface area contributed by atoms with E-state index in [1.165, 1.54) is 0 Å². The van der Waals surface area contributed by atoms with Crippen LogP contribution in [0.25, 0.3) is 0 Å². The van der Waals surface area contributed by atoms with Gasteiger partial charge in [0.25, 0.3) is 0 Å². The highest BCUT2D eigenvalue weighted by molar-refractivity contribution is 5.78. The molecule has 0 aromatic heterocycles. The van der Waals surface area contributed by atoms with Crippen molar-refractivity contribution in [1.82, 2.24) is 15.5 Å². The van der Waals surface area contributed by atoms with E-state index in [1.807, 2.05) is 32.0 Å². The molecule has 184 valence electrons. The second-order valence-corrected chi connectivity index (χ2v) is 9.57. The molecule has 1 saturated heterocycles. The number of para-hydroxylation sites is 1. The number of amides is 3. The summed E-state index contributed by atoms with van der Waals surface area (Å²) in [6.07, 6.45) is 2.25. The van der Waals surface area contributed by atoms with Gasteiger partial charge in [-0.1, -0.05) is 18.2 Å². The van der Waals surface area contributed by atoms with Crippen LogP contribution in [0.3, 0.4) is 0 Å². The van der Waals surface area contributed by atoms with Crippen molar-refractivity contribution in [3.63, 3.8) is 0 Å². The molecule has 1 aliphatic rings. The van der Waals surface area contributed by atoms with Crippen molar-refractivity contribution >= 4 is 17.9 Å². The predicted molar refractivity (Wildman–Crippen MR) is 127 cm³/mol. The number of alkyl carbamates (subject to hydrolysis) is 1. The molecule has 1 fully saturated rings. The maximum absolute atomic E-state index is 12.4. The Hall–Kier alpha value is -2.77. The Morgan fingerprint density at radius 2 is 1.70 bits per heavy atom. The second kappa shape index (κ2) is 12.5. The first kappa shape index (κ1) is 26.5. The number of hydrogen-bond acceptors (Lipinski definition) is 5. The molecule has 0 spiro atoms. The predicted octanol–water partition coefficient (Wildman–Crippen LogP) is 3.48. The summed E-state index contributed by atoms with van der Waals surface area (Å²) in [5.74, 6) is 0.919. The molecule has 8 nitrogen and oxygen atoms in total. The molecule has 1 heterocycles. The lowest BCUT2D eigenvalue weighted by Crippen LogP contribution is -2.47. The van der Waals surface area contributed by atoms with Gasteiger partial charge in [-0.05, 0) is 65.0 Å². The molecule has 8 heteroatoms. The van der Waals surface area contributed by atoms with Gasteiger partial charge in [-0.3, -0.25) is 9.59 Å². The summed E-state index contributed by atoms with van der Waals surface area (Å²) in [5.41, 5.74) is 1.63. The van der Waals surface area contributed by atoms with Gasteiger partial charge in [0.1, 0.15) is 11.4 Å². The van der Waals surface area contributed by atoms with Gasteiger partial charge in [-0.2, -0.15) is 0 Å². The smallest absolute Gasteiger partial charge is 0.407 e. The number of hydrogen-bond donors (Lipinski definition) is 2. The molecular weight excluding hydrogens is 422 g/mol. The zero-order valence-corrected chi connectivity index (χ0v) is 20.7. The highest BCUT2D eigenvalue weighted by Crippen LogP contribution is 2.22. The first-order valence-electron chi connectivity index (χ1n) is 11.8. The van der Waals surface area contributed by atoms with Crippen molar-refractivity contribution < 1.29 is 23.9 Å². The molecule has 1 aliphatic heterocycles. The lowest BCUT2D eigenvalue weighted by Gasteiger charge is -2.32. The first-order valence-corrected chi connectivity index (χ1v) is 11.8. The zero-order valence-electron chi connectivity index (χ0n) is 20.7. The fraction of sp³-hybridized carbons (Fsp3) is 0.640. The lowest BCUT2D eigenvalue weighted by molar-refractivity contribution is -0.132. The second-order valence-electron chi connectivity index (χ2n) is 9.57. The molecule has 0 saturated carbocycles. The number of piperidine rings is 1. The van der Waals surface area contributed by atoms with E-state index >= 15 is 0 Å². The van der Waals surface area contributed by atoms with Gasteiger partial charge in [-0.25, -0.2) is 4.79 Å². The van der Waals surface area contributed by atoms with Crippen LogP contribution in [0.1, 0.15) is 64.0 Å². The van der Waals surface area contributed by atoms with E-state index in [4.69, 9.17) is 9.47 Å². The fourth-order valence-electron chi connectivity index (χ4n) is 3.75. The number of aryl methyl sites for hydroxylation is 2. The van der Waals surface area contributed by atoms with E-state index < -0.39 is 11.7 Å². The molecule has 2 N–H and O–H groups in total. The number of ether oxygens (including phenoxy) is 2. The SMILES string of the molecule is Cc1cccc(C)c1OCCCC(=O)NC1CCN(C(=O)CCNC(=O)OC(C)(C)C)CC1. The van der Waals surface area contributed by atoms with Crippen molar-refractivity contribution in [3.8, 4) is 5.75 Å². The Morgan fingerprint density at radius 1 is 1.06 bits per heavy atom. The minimum atomic E-state index is -0.562. The summed E-state index contributed by atoms with van der Waals surface area (Å²) in [4.78, 5) is 38.1. The summed E-state index contributed by atoms with van der Waals surface area (Å²) >= 11 is 0. The van der Waals surface area contributed by atoms with Gasteiger partial charge in [0.15, 0.2) is 0 Å². The van der Waals surface area contributed by atoms with Crippen molar-refractivity contribution in [1.29, 1.82) is 0 Å². The van der Waals surface area contributed by atoms with E-state index in [2.05, 4.69) is 10.6 Å². The molecular formula is C25H39N3O5. The van der Waals surface area contributed by atoms with Crippen LogP contribution in [0.15, 0.2) is 18.2 Å². The Bertz CT molecular complexity index is 791. The molecule has 0 bridgehead atoms. The minimum Gasteiger partial charge on any atom is -0.493 e. The summed E-state index contributed by atoms with van der Waals surface area (Å²) in [6.45, 7) is 11.4. The number of likely N-dealkylation sites (tertiary alicyclic amines) is 1. The lowest BCUT2D eigenvalue weighted by atomic mass is 10.0. The maximum atomic E-state index is 12.4. The van der Waals surface area contributed by atoms with Crippen LogP contribution in [-0.4, -0.2) is 60.7 Å². The van der Waals surface area contributed by atoms with Crippen LogP contribution in [0.4, 0.5) is 4.79 Å². The van der Waals surface area contributed by atoms with Crippen LogP contribution in [0.2, 0.25) is 0 Å². The number of rotatable bonds is 9. The van der Waals surface area contributed by atoms with E-state index in [0.29, 0.717) is 32.5 Å². The zero-order chi connectivity index (χ0) is 24.4. The first-order chi connectivity index (χ1) is 15.5. The van der Waals surface area contributed by atoms with E-state index in [1.54, 1.807) is 25.7 Å². The Morgan fingerprint density at radius 3 is 2.30 bits per heavy atom. The third-order valence-electron chi connectivity index (χ3n) is 5.42. The fourth-order valence-corrected chi connectivity index (χ4v) is 3.75. The molecule has 1 aromatic rings. The van der Waals surface area contributed by atoms with Crippen LogP contribution < -0.4 is 15.4 Å². The summed E-state index contributed by atoms with van der Waals surface area (Å²) < 4.78 is 11.0. The summed E-state index contributed by atoms with van der Waals surface area (Å²) in [7, 11) is 0. The maximum Gasteiger partial charge on any atom is 0.407 e. The van der Waals surface area contributed by atoms with Gasteiger partial charge in [0.2, 0.25) is 11.8 Å².